The van der Waals surface area contributed by atoms with Crippen LogP contribution < -0.4 is 4.74 Å². The Labute approximate surface area is 106 Å². The van der Waals surface area contributed by atoms with E-state index in [2.05, 4.69) is 21.0 Å². The zero-order valence-electron chi connectivity index (χ0n) is 8.71. The van der Waals surface area contributed by atoms with Gasteiger partial charge in [0.25, 0.3) is 0 Å². The normalized spacial score (nSPS) is 10.2. The maximum atomic E-state index is 10.3. The van der Waals surface area contributed by atoms with E-state index in [-0.39, 0.29) is 6.61 Å². The lowest BCUT2D eigenvalue weighted by molar-refractivity contribution is -0.139. The van der Waals surface area contributed by atoms with Crippen LogP contribution in [-0.4, -0.2) is 27.5 Å². The van der Waals surface area contributed by atoms with Gasteiger partial charge in [0.15, 0.2) is 12.4 Å². The molecule has 0 saturated carbocycles. The molecule has 0 aliphatic rings. The smallest absolute Gasteiger partial charge is 0.341 e. The van der Waals surface area contributed by atoms with Crippen LogP contribution in [0.1, 0.15) is 0 Å². The summed E-state index contributed by atoms with van der Waals surface area (Å²) in [5.41, 5.74) is 0.859. The van der Waals surface area contributed by atoms with Crippen LogP contribution in [0.3, 0.4) is 0 Å². The van der Waals surface area contributed by atoms with Gasteiger partial charge in [-0.15, -0.1) is 0 Å². The summed E-state index contributed by atoms with van der Waals surface area (Å²) >= 11 is 3.41. The van der Waals surface area contributed by atoms with Crippen LogP contribution in [0.4, 0.5) is 0 Å². The molecule has 0 amide bonds. The minimum atomic E-state index is -1.02. The first-order chi connectivity index (χ1) is 8.16. The van der Waals surface area contributed by atoms with Gasteiger partial charge >= 0.3 is 5.97 Å². The van der Waals surface area contributed by atoms with E-state index >= 15 is 0 Å². The molecule has 2 rings (SSSR count). The molecule has 1 N–H and O–H groups in total. The van der Waals surface area contributed by atoms with Crippen LogP contribution in [0, 0.1) is 0 Å². The fourth-order valence-electron chi connectivity index (χ4n) is 1.30. The number of aromatic nitrogens is 2. The Morgan fingerprint density at radius 2 is 2.24 bits per heavy atom. The Morgan fingerprint density at radius 1 is 1.47 bits per heavy atom. The number of benzene rings is 1. The van der Waals surface area contributed by atoms with Crippen molar-refractivity contribution in [2.75, 3.05) is 6.61 Å². The third-order valence-corrected chi connectivity index (χ3v) is 2.69. The zero-order chi connectivity index (χ0) is 12.3. The van der Waals surface area contributed by atoms with Gasteiger partial charge in [0.1, 0.15) is 0 Å². The van der Waals surface area contributed by atoms with Crippen LogP contribution in [0.25, 0.3) is 5.69 Å². The Hall–Kier alpha value is -1.82. The van der Waals surface area contributed by atoms with Gasteiger partial charge in [-0.2, -0.15) is 5.10 Å². The molecular formula is C11H9BrN2O3. The van der Waals surface area contributed by atoms with Crippen molar-refractivity contribution >= 4 is 21.9 Å². The highest BCUT2D eigenvalue weighted by Gasteiger charge is 2.06. The molecule has 0 fully saturated rings. The van der Waals surface area contributed by atoms with E-state index in [1.807, 2.05) is 24.3 Å². The minimum Gasteiger partial charge on any atom is -0.479 e. The summed E-state index contributed by atoms with van der Waals surface area (Å²) in [6.07, 6.45) is 3.10. The van der Waals surface area contributed by atoms with Gasteiger partial charge in [0.2, 0.25) is 0 Å². The largest absolute Gasteiger partial charge is 0.479 e. The summed E-state index contributed by atoms with van der Waals surface area (Å²) in [5.74, 6) is -0.596. The number of carboxylic acids is 1. The molecule has 1 aromatic carbocycles. The van der Waals surface area contributed by atoms with Gasteiger partial charge in [0, 0.05) is 4.47 Å². The average Bonchev–Trinajstić information content (AvgIpc) is 2.75. The van der Waals surface area contributed by atoms with E-state index in [1.165, 1.54) is 6.20 Å². The highest BCUT2D eigenvalue weighted by atomic mass is 79.9. The van der Waals surface area contributed by atoms with Gasteiger partial charge in [-0.25, -0.2) is 9.48 Å². The molecule has 1 heterocycles. The molecule has 5 nitrogen and oxygen atoms in total. The number of hydrogen-bond acceptors (Lipinski definition) is 3. The number of nitrogens with zero attached hydrogens (tertiary/aromatic N) is 2. The third-order valence-electron chi connectivity index (χ3n) is 2.02. The Bertz CT molecular complexity index is 539. The van der Waals surface area contributed by atoms with Gasteiger partial charge in [-0.05, 0) is 28.1 Å². The predicted octanol–water partition coefficient (Wildman–Crippen LogP) is 2.10. The molecule has 2 aromatic rings. The van der Waals surface area contributed by atoms with E-state index < -0.39 is 5.97 Å². The second-order valence-electron chi connectivity index (χ2n) is 3.25. The maximum absolute atomic E-state index is 10.3. The second kappa shape index (κ2) is 5.01. The number of rotatable bonds is 4. The standard InChI is InChI=1S/C11H9BrN2O3/c12-9-3-1-2-4-10(9)14-6-8(5-13-14)17-7-11(15)16/h1-6H,7H2,(H,15,16). The van der Waals surface area contributed by atoms with Crippen molar-refractivity contribution in [3.05, 3.63) is 41.1 Å². The third kappa shape index (κ3) is 2.85. The van der Waals surface area contributed by atoms with E-state index in [1.54, 1.807) is 10.9 Å². The van der Waals surface area contributed by atoms with E-state index in [0.717, 1.165) is 10.2 Å². The maximum Gasteiger partial charge on any atom is 0.341 e. The number of halogens is 1. The fraction of sp³-hybridized carbons (Fsp3) is 0.0909. The number of ether oxygens (including phenoxy) is 1. The molecule has 0 aliphatic carbocycles. The molecule has 0 bridgehead atoms. The lowest BCUT2D eigenvalue weighted by Gasteiger charge is -2.03. The van der Waals surface area contributed by atoms with Gasteiger partial charge in [-0.1, -0.05) is 12.1 Å². The first kappa shape index (κ1) is 11.7. The number of aliphatic carboxylic acids is 1. The first-order valence-electron chi connectivity index (χ1n) is 4.81. The quantitative estimate of drug-likeness (QED) is 0.938. The molecule has 0 spiro atoms. The highest BCUT2D eigenvalue weighted by molar-refractivity contribution is 9.10. The monoisotopic (exact) mass is 296 g/mol. The fourth-order valence-corrected chi connectivity index (χ4v) is 1.76. The second-order valence-corrected chi connectivity index (χ2v) is 4.11. The first-order valence-corrected chi connectivity index (χ1v) is 5.60. The summed E-state index contributed by atoms with van der Waals surface area (Å²) in [5, 5.41) is 12.6. The van der Waals surface area contributed by atoms with Crippen LogP contribution >= 0.6 is 15.9 Å². The molecule has 88 valence electrons. The molecular weight excluding hydrogens is 288 g/mol. The van der Waals surface area contributed by atoms with Crippen molar-refractivity contribution in [2.24, 2.45) is 0 Å². The molecule has 0 atom stereocenters. The topological polar surface area (TPSA) is 64.3 Å². The lowest BCUT2D eigenvalue weighted by atomic mass is 10.3. The average molecular weight is 297 g/mol. The van der Waals surface area contributed by atoms with Crippen LogP contribution in [-0.2, 0) is 4.79 Å². The molecule has 0 radical (unpaired) electrons. The summed E-state index contributed by atoms with van der Waals surface area (Å²) in [6.45, 7) is -0.373. The van der Waals surface area contributed by atoms with Crippen molar-refractivity contribution in [3.63, 3.8) is 0 Å². The van der Waals surface area contributed by atoms with Crippen LogP contribution in [0.15, 0.2) is 41.1 Å². The van der Waals surface area contributed by atoms with Crippen LogP contribution in [0.5, 0.6) is 5.75 Å². The van der Waals surface area contributed by atoms with E-state index in [9.17, 15) is 4.79 Å². The molecule has 0 unspecified atom stereocenters. The number of carboxylic acid groups (broad SMARTS) is 1. The predicted molar refractivity (Wildman–Crippen MR) is 64.4 cm³/mol. The summed E-state index contributed by atoms with van der Waals surface area (Å²) in [7, 11) is 0. The summed E-state index contributed by atoms with van der Waals surface area (Å²) in [6, 6.07) is 7.57. The molecule has 0 saturated heterocycles. The Kier molecular flexibility index (Phi) is 3.43. The molecule has 0 aliphatic heterocycles. The zero-order valence-corrected chi connectivity index (χ0v) is 10.3. The molecule has 6 heteroatoms. The number of carbonyl (C=O) groups is 1. The van der Waals surface area contributed by atoms with Gasteiger partial charge in [0.05, 0.1) is 18.1 Å². The van der Waals surface area contributed by atoms with Crippen molar-refractivity contribution in [1.29, 1.82) is 0 Å². The molecule has 17 heavy (non-hydrogen) atoms. The van der Waals surface area contributed by atoms with Gasteiger partial charge < -0.3 is 9.84 Å². The van der Waals surface area contributed by atoms with E-state index in [4.69, 9.17) is 9.84 Å². The SMILES string of the molecule is O=C(O)COc1cnn(-c2ccccc2Br)c1. The highest BCUT2D eigenvalue weighted by Crippen LogP contribution is 2.21. The lowest BCUT2D eigenvalue weighted by Crippen LogP contribution is -2.08. The van der Waals surface area contributed by atoms with Crippen molar-refractivity contribution in [1.82, 2.24) is 9.78 Å². The Balaban J connectivity index is 2.18. The Morgan fingerprint density at radius 3 is 2.94 bits per heavy atom. The summed E-state index contributed by atoms with van der Waals surface area (Å²) < 4.78 is 7.52. The summed E-state index contributed by atoms with van der Waals surface area (Å²) in [4.78, 5) is 10.3. The molecule has 1 aromatic heterocycles. The van der Waals surface area contributed by atoms with Crippen molar-refractivity contribution in [3.8, 4) is 11.4 Å². The van der Waals surface area contributed by atoms with Crippen molar-refractivity contribution in [2.45, 2.75) is 0 Å². The minimum absolute atomic E-state index is 0.373. The van der Waals surface area contributed by atoms with E-state index in [0.29, 0.717) is 5.75 Å². The van der Waals surface area contributed by atoms with Gasteiger partial charge in [-0.3, -0.25) is 0 Å². The van der Waals surface area contributed by atoms with Crippen molar-refractivity contribution < 1.29 is 14.6 Å². The number of hydrogen-bond donors (Lipinski definition) is 1. The number of para-hydroxylation sites is 1. The van der Waals surface area contributed by atoms with Crippen LogP contribution in [0.2, 0.25) is 0 Å².